The molecular formula is C15H20N4O. The van der Waals surface area contributed by atoms with E-state index in [0.29, 0.717) is 18.8 Å². The van der Waals surface area contributed by atoms with E-state index in [2.05, 4.69) is 42.4 Å². The summed E-state index contributed by atoms with van der Waals surface area (Å²) < 4.78 is 1.61. The number of aromatic nitrogens is 3. The molecule has 1 heterocycles. The first-order chi connectivity index (χ1) is 9.52. The molecule has 0 bridgehead atoms. The summed E-state index contributed by atoms with van der Waals surface area (Å²) in [5, 5.41) is 7.70. The molecule has 2 aromatic rings. The maximum absolute atomic E-state index is 12.4. The van der Waals surface area contributed by atoms with Gasteiger partial charge >= 0.3 is 0 Å². The molecule has 0 aliphatic heterocycles. The molecule has 0 aliphatic rings. The van der Waals surface area contributed by atoms with Gasteiger partial charge in [0.05, 0.1) is 6.20 Å². The Morgan fingerprint density at radius 3 is 2.80 bits per heavy atom. The molecule has 0 radical (unpaired) electrons. The van der Waals surface area contributed by atoms with Crippen molar-refractivity contribution in [3.8, 4) is 0 Å². The molecular weight excluding hydrogens is 252 g/mol. The van der Waals surface area contributed by atoms with Gasteiger partial charge in [-0.25, -0.2) is 4.68 Å². The van der Waals surface area contributed by atoms with Crippen LogP contribution in [0.3, 0.4) is 0 Å². The molecule has 1 aromatic heterocycles. The minimum absolute atomic E-state index is 0.0576. The molecule has 0 unspecified atom stereocenters. The summed E-state index contributed by atoms with van der Waals surface area (Å²) in [6, 6.07) is 6.28. The molecule has 0 aliphatic carbocycles. The maximum atomic E-state index is 12.4. The summed E-state index contributed by atoms with van der Waals surface area (Å²) in [5.41, 5.74) is 4.08. The lowest BCUT2D eigenvalue weighted by Gasteiger charge is -2.19. The second-order valence-corrected chi connectivity index (χ2v) is 5.03. The number of hydrogen-bond acceptors (Lipinski definition) is 3. The topological polar surface area (TPSA) is 51.0 Å². The second-order valence-electron chi connectivity index (χ2n) is 5.03. The minimum atomic E-state index is -0.0576. The number of rotatable bonds is 4. The van der Waals surface area contributed by atoms with Gasteiger partial charge in [0, 0.05) is 20.1 Å². The van der Waals surface area contributed by atoms with Crippen LogP contribution >= 0.6 is 0 Å². The Bertz CT molecular complexity index is 618. The molecule has 2 rings (SSSR count). The fourth-order valence-corrected chi connectivity index (χ4v) is 2.15. The summed E-state index contributed by atoms with van der Waals surface area (Å²) in [7, 11) is 1.80. The monoisotopic (exact) mass is 272 g/mol. The summed E-state index contributed by atoms with van der Waals surface area (Å²) in [4.78, 5) is 14.1. The normalized spacial score (nSPS) is 10.6. The molecule has 0 fully saturated rings. The van der Waals surface area contributed by atoms with Crippen LogP contribution in [0.2, 0.25) is 0 Å². The lowest BCUT2D eigenvalue weighted by molar-refractivity contribution is 0.0772. The van der Waals surface area contributed by atoms with Crippen LogP contribution in [0.1, 0.15) is 34.1 Å². The standard InChI is InChI=1S/C15H20N4O/c1-5-19-14(9-16-17-19)15(20)18(4)10-13-8-11(2)6-7-12(13)3/h6-9H,5,10H2,1-4H3. The molecule has 0 spiro atoms. The number of carbonyl (C=O) groups excluding carboxylic acids is 1. The Morgan fingerprint density at radius 2 is 2.10 bits per heavy atom. The van der Waals surface area contributed by atoms with E-state index < -0.39 is 0 Å². The predicted molar refractivity (Wildman–Crippen MR) is 77.4 cm³/mol. The first-order valence-electron chi connectivity index (χ1n) is 6.73. The molecule has 0 atom stereocenters. The van der Waals surface area contributed by atoms with Crippen LogP contribution < -0.4 is 0 Å². The highest BCUT2D eigenvalue weighted by atomic mass is 16.2. The molecule has 0 N–H and O–H groups in total. The zero-order valence-electron chi connectivity index (χ0n) is 12.4. The number of benzene rings is 1. The van der Waals surface area contributed by atoms with E-state index in [0.717, 1.165) is 5.56 Å². The molecule has 0 saturated heterocycles. The maximum Gasteiger partial charge on any atom is 0.273 e. The summed E-state index contributed by atoms with van der Waals surface area (Å²) in [6.45, 7) is 7.28. The van der Waals surface area contributed by atoms with Crippen LogP contribution in [0.4, 0.5) is 0 Å². The van der Waals surface area contributed by atoms with E-state index in [1.54, 1.807) is 16.6 Å². The smallest absolute Gasteiger partial charge is 0.273 e. The van der Waals surface area contributed by atoms with Crippen LogP contribution in [-0.2, 0) is 13.1 Å². The number of nitrogens with zero attached hydrogens (tertiary/aromatic N) is 4. The highest BCUT2D eigenvalue weighted by molar-refractivity contribution is 5.92. The van der Waals surface area contributed by atoms with E-state index >= 15 is 0 Å². The number of amides is 1. The van der Waals surface area contributed by atoms with Crippen LogP contribution in [0.25, 0.3) is 0 Å². The third-order valence-electron chi connectivity index (χ3n) is 3.40. The van der Waals surface area contributed by atoms with Gasteiger partial charge in [0.2, 0.25) is 0 Å². The van der Waals surface area contributed by atoms with E-state index in [4.69, 9.17) is 0 Å². The average molecular weight is 272 g/mol. The largest absolute Gasteiger partial charge is 0.336 e. The third-order valence-corrected chi connectivity index (χ3v) is 3.40. The first-order valence-corrected chi connectivity index (χ1v) is 6.73. The van der Waals surface area contributed by atoms with Crippen molar-refractivity contribution in [2.75, 3.05) is 7.05 Å². The first kappa shape index (κ1) is 14.2. The minimum Gasteiger partial charge on any atom is -0.336 e. The van der Waals surface area contributed by atoms with Crippen LogP contribution in [0.5, 0.6) is 0 Å². The van der Waals surface area contributed by atoms with Crippen LogP contribution in [0, 0.1) is 13.8 Å². The SMILES string of the molecule is CCn1nncc1C(=O)N(C)Cc1cc(C)ccc1C. The Hall–Kier alpha value is -2.17. The van der Waals surface area contributed by atoms with Crippen LogP contribution in [-0.4, -0.2) is 32.8 Å². The van der Waals surface area contributed by atoms with Crippen molar-refractivity contribution in [2.45, 2.75) is 33.9 Å². The van der Waals surface area contributed by atoms with E-state index in [9.17, 15) is 4.79 Å². The van der Waals surface area contributed by atoms with Gasteiger partial charge in [-0.3, -0.25) is 4.79 Å². The van der Waals surface area contributed by atoms with Crippen molar-refractivity contribution < 1.29 is 4.79 Å². The molecule has 1 aromatic carbocycles. The van der Waals surface area contributed by atoms with E-state index in [1.807, 2.05) is 6.92 Å². The predicted octanol–water partition coefficient (Wildman–Crippen LogP) is 2.19. The highest BCUT2D eigenvalue weighted by Gasteiger charge is 2.17. The van der Waals surface area contributed by atoms with Crippen molar-refractivity contribution >= 4 is 5.91 Å². The number of aryl methyl sites for hydroxylation is 3. The Balaban J connectivity index is 2.17. The Labute approximate surface area is 119 Å². The zero-order valence-corrected chi connectivity index (χ0v) is 12.4. The molecule has 1 amide bonds. The third kappa shape index (κ3) is 2.87. The van der Waals surface area contributed by atoms with Gasteiger partial charge in [-0.15, -0.1) is 5.10 Å². The zero-order chi connectivity index (χ0) is 14.7. The van der Waals surface area contributed by atoms with Gasteiger partial charge in [0.25, 0.3) is 5.91 Å². The van der Waals surface area contributed by atoms with Gasteiger partial charge < -0.3 is 4.90 Å². The molecule has 5 heteroatoms. The summed E-state index contributed by atoms with van der Waals surface area (Å²) >= 11 is 0. The van der Waals surface area contributed by atoms with Crippen molar-refractivity contribution in [1.82, 2.24) is 19.9 Å². The molecule has 0 saturated carbocycles. The van der Waals surface area contributed by atoms with E-state index in [-0.39, 0.29) is 5.91 Å². The number of hydrogen-bond donors (Lipinski definition) is 0. The van der Waals surface area contributed by atoms with Gasteiger partial charge in [-0.2, -0.15) is 0 Å². The van der Waals surface area contributed by atoms with Crippen molar-refractivity contribution in [3.05, 3.63) is 46.8 Å². The fourth-order valence-electron chi connectivity index (χ4n) is 2.15. The molecule has 5 nitrogen and oxygen atoms in total. The lowest BCUT2D eigenvalue weighted by atomic mass is 10.1. The summed E-state index contributed by atoms with van der Waals surface area (Å²) in [5.74, 6) is -0.0576. The van der Waals surface area contributed by atoms with Gasteiger partial charge in [-0.05, 0) is 31.9 Å². The van der Waals surface area contributed by atoms with Crippen molar-refractivity contribution in [1.29, 1.82) is 0 Å². The Morgan fingerprint density at radius 1 is 1.35 bits per heavy atom. The van der Waals surface area contributed by atoms with E-state index in [1.165, 1.54) is 17.3 Å². The number of carbonyl (C=O) groups is 1. The second kappa shape index (κ2) is 5.86. The quantitative estimate of drug-likeness (QED) is 0.857. The molecule has 106 valence electrons. The van der Waals surface area contributed by atoms with Crippen molar-refractivity contribution in [2.24, 2.45) is 0 Å². The Kier molecular flexibility index (Phi) is 4.17. The lowest BCUT2D eigenvalue weighted by Crippen LogP contribution is -2.28. The average Bonchev–Trinajstić information content (AvgIpc) is 2.90. The fraction of sp³-hybridized carbons (Fsp3) is 0.400. The van der Waals surface area contributed by atoms with Gasteiger partial charge in [0.15, 0.2) is 0 Å². The molecule has 20 heavy (non-hydrogen) atoms. The van der Waals surface area contributed by atoms with Gasteiger partial charge in [0.1, 0.15) is 5.69 Å². The van der Waals surface area contributed by atoms with Gasteiger partial charge in [-0.1, -0.05) is 29.0 Å². The van der Waals surface area contributed by atoms with Crippen molar-refractivity contribution in [3.63, 3.8) is 0 Å². The van der Waals surface area contributed by atoms with Crippen LogP contribution in [0.15, 0.2) is 24.4 Å². The highest BCUT2D eigenvalue weighted by Crippen LogP contribution is 2.14. The summed E-state index contributed by atoms with van der Waals surface area (Å²) in [6.07, 6.45) is 1.52.